The fraction of sp³-hybridized carbons (Fsp3) is 0.500. The van der Waals surface area contributed by atoms with Gasteiger partial charge in [0.25, 0.3) is 0 Å². The lowest BCUT2D eigenvalue weighted by Gasteiger charge is -2.12. The van der Waals surface area contributed by atoms with Crippen LogP contribution in [0, 0.1) is 11.8 Å². The lowest BCUT2D eigenvalue weighted by Crippen LogP contribution is -2.47. The second-order valence-electron chi connectivity index (χ2n) is 3.14. The maximum absolute atomic E-state index is 11.2. The molecule has 0 saturated carbocycles. The molecule has 0 bridgehead atoms. The fourth-order valence-corrected chi connectivity index (χ4v) is 0.974. The molecule has 0 aliphatic carbocycles. The van der Waals surface area contributed by atoms with Crippen molar-refractivity contribution in [2.75, 3.05) is 6.54 Å². The Hall–Kier alpha value is -2.23. The number of hydrogen-bond acceptors (Lipinski definition) is 3. The van der Waals surface area contributed by atoms with Crippen molar-refractivity contribution in [2.24, 2.45) is 5.73 Å². The molecule has 0 unspecified atom stereocenters. The monoisotopic (exact) mass is 241 g/mol. The number of aliphatic carboxylic acids is 1. The van der Waals surface area contributed by atoms with Crippen molar-refractivity contribution in [2.45, 2.75) is 25.8 Å². The summed E-state index contributed by atoms with van der Waals surface area (Å²) in [4.78, 5) is 32.5. The van der Waals surface area contributed by atoms with Crippen molar-refractivity contribution in [3.8, 4) is 11.8 Å². The average molecular weight is 241 g/mol. The largest absolute Gasteiger partial charge is 0.480 e. The summed E-state index contributed by atoms with van der Waals surface area (Å²) >= 11 is 0. The summed E-state index contributed by atoms with van der Waals surface area (Å²) in [6.45, 7) is 1.98. The van der Waals surface area contributed by atoms with Crippen LogP contribution in [0.1, 0.15) is 19.8 Å². The van der Waals surface area contributed by atoms with Crippen LogP contribution in [0.4, 0.5) is 4.79 Å². The molecule has 3 amide bonds. The van der Waals surface area contributed by atoms with E-state index in [1.54, 1.807) is 6.92 Å². The molecule has 0 heterocycles. The van der Waals surface area contributed by atoms with Gasteiger partial charge in [-0.05, 0) is 6.92 Å². The van der Waals surface area contributed by atoms with Gasteiger partial charge >= 0.3 is 12.0 Å². The molecule has 0 aliphatic rings. The molecule has 0 aromatic carbocycles. The molecular weight excluding hydrogens is 226 g/mol. The van der Waals surface area contributed by atoms with E-state index >= 15 is 0 Å². The van der Waals surface area contributed by atoms with Crippen LogP contribution >= 0.6 is 0 Å². The molecule has 7 nitrogen and oxygen atoms in total. The van der Waals surface area contributed by atoms with Crippen molar-refractivity contribution < 1.29 is 19.5 Å². The summed E-state index contributed by atoms with van der Waals surface area (Å²) in [6.07, 6.45) is 0.0228. The maximum Gasteiger partial charge on any atom is 0.326 e. The van der Waals surface area contributed by atoms with Crippen molar-refractivity contribution in [1.29, 1.82) is 0 Å². The number of nitrogens with one attached hydrogen (secondary N) is 2. The first-order chi connectivity index (χ1) is 7.97. The van der Waals surface area contributed by atoms with Crippen LogP contribution in [0.5, 0.6) is 0 Å². The summed E-state index contributed by atoms with van der Waals surface area (Å²) < 4.78 is 0. The Morgan fingerprint density at radius 2 is 2.06 bits per heavy atom. The number of rotatable bonds is 6. The zero-order chi connectivity index (χ0) is 13.3. The number of carboxylic acid groups (broad SMARTS) is 1. The standard InChI is InChI=1S/C10H15N3O4/c1-2-3-4-5-12-10(17)13-7(9(15)16)6-8(11)14/h7H,4-6H2,1H3,(H2,11,14)(H,15,16)(H2,12,13,17)/t7-/m0/s1. The summed E-state index contributed by atoms with van der Waals surface area (Å²) in [5.41, 5.74) is 4.85. The van der Waals surface area contributed by atoms with Gasteiger partial charge in [0.1, 0.15) is 6.04 Å². The van der Waals surface area contributed by atoms with Gasteiger partial charge in [-0.15, -0.1) is 11.8 Å². The Balaban J connectivity index is 4.07. The van der Waals surface area contributed by atoms with Crippen LogP contribution in [0.25, 0.3) is 0 Å². The van der Waals surface area contributed by atoms with Gasteiger partial charge in [-0.1, -0.05) is 0 Å². The third-order valence-corrected chi connectivity index (χ3v) is 1.72. The molecule has 5 N–H and O–H groups in total. The SMILES string of the molecule is CC#CCCNC(=O)N[C@@H](CC(N)=O)C(=O)O. The molecule has 0 aromatic heterocycles. The number of carbonyl (C=O) groups is 3. The predicted molar refractivity (Wildman–Crippen MR) is 59.8 cm³/mol. The lowest BCUT2D eigenvalue weighted by atomic mass is 10.2. The first-order valence-electron chi connectivity index (χ1n) is 4.92. The highest BCUT2D eigenvalue weighted by atomic mass is 16.4. The van der Waals surface area contributed by atoms with Crippen molar-refractivity contribution in [3.63, 3.8) is 0 Å². The highest BCUT2D eigenvalue weighted by Crippen LogP contribution is 1.91. The number of nitrogens with two attached hydrogens (primary N) is 1. The van der Waals surface area contributed by atoms with E-state index < -0.39 is 30.4 Å². The van der Waals surface area contributed by atoms with E-state index in [1.165, 1.54) is 0 Å². The molecule has 7 heteroatoms. The van der Waals surface area contributed by atoms with Gasteiger partial charge in [0.15, 0.2) is 0 Å². The third-order valence-electron chi connectivity index (χ3n) is 1.72. The zero-order valence-corrected chi connectivity index (χ0v) is 9.45. The third kappa shape index (κ3) is 7.67. The Bertz CT molecular complexity index is 356. The number of carboxylic acids is 1. The van der Waals surface area contributed by atoms with Crippen LogP contribution in [-0.2, 0) is 9.59 Å². The van der Waals surface area contributed by atoms with Gasteiger partial charge in [0.2, 0.25) is 5.91 Å². The molecule has 0 aromatic rings. The number of urea groups is 1. The topological polar surface area (TPSA) is 122 Å². The number of carbonyl (C=O) groups excluding carboxylic acids is 2. The Morgan fingerprint density at radius 3 is 2.53 bits per heavy atom. The van der Waals surface area contributed by atoms with Gasteiger partial charge in [0, 0.05) is 13.0 Å². The summed E-state index contributed by atoms with van der Waals surface area (Å²) in [6, 6.07) is -1.98. The highest BCUT2D eigenvalue weighted by molar-refractivity contribution is 5.87. The fourth-order valence-electron chi connectivity index (χ4n) is 0.974. The van der Waals surface area contributed by atoms with E-state index in [0.29, 0.717) is 13.0 Å². The quantitative estimate of drug-likeness (QED) is 0.353. The second kappa shape index (κ2) is 7.98. The molecule has 0 rings (SSSR count). The number of primary amides is 1. The minimum atomic E-state index is -1.32. The average Bonchev–Trinajstić information content (AvgIpc) is 2.22. The van der Waals surface area contributed by atoms with Gasteiger partial charge in [-0.2, -0.15) is 0 Å². The highest BCUT2D eigenvalue weighted by Gasteiger charge is 2.21. The van der Waals surface area contributed by atoms with Gasteiger partial charge < -0.3 is 21.5 Å². The number of amides is 3. The van der Waals surface area contributed by atoms with Crippen molar-refractivity contribution >= 4 is 17.9 Å². The van der Waals surface area contributed by atoms with Gasteiger partial charge in [-0.25, -0.2) is 9.59 Å². The second-order valence-corrected chi connectivity index (χ2v) is 3.14. The Kier molecular flexibility index (Phi) is 6.94. The molecule has 1 atom stereocenters. The first kappa shape index (κ1) is 14.8. The van der Waals surface area contributed by atoms with Gasteiger partial charge in [-0.3, -0.25) is 4.79 Å². The summed E-state index contributed by atoms with van der Waals surface area (Å²) in [5, 5.41) is 13.2. The molecule has 0 saturated heterocycles. The first-order valence-corrected chi connectivity index (χ1v) is 4.92. The van der Waals surface area contributed by atoms with Crippen molar-refractivity contribution in [1.82, 2.24) is 10.6 Å². The normalized spacial score (nSPS) is 10.6. The van der Waals surface area contributed by atoms with E-state index in [4.69, 9.17) is 10.8 Å². The molecule has 0 radical (unpaired) electrons. The Labute approximate surface area is 98.7 Å². The molecule has 17 heavy (non-hydrogen) atoms. The van der Waals surface area contributed by atoms with E-state index in [2.05, 4.69) is 22.5 Å². The predicted octanol–water partition coefficient (Wildman–Crippen LogP) is -0.972. The molecule has 0 aliphatic heterocycles. The molecule has 94 valence electrons. The minimum absolute atomic E-state index is 0.301. The maximum atomic E-state index is 11.2. The lowest BCUT2D eigenvalue weighted by molar-refractivity contribution is -0.140. The van der Waals surface area contributed by atoms with Gasteiger partial charge in [0.05, 0.1) is 6.42 Å². The van der Waals surface area contributed by atoms with Crippen LogP contribution < -0.4 is 16.4 Å². The molecule has 0 spiro atoms. The zero-order valence-electron chi connectivity index (χ0n) is 9.45. The minimum Gasteiger partial charge on any atom is -0.480 e. The van der Waals surface area contributed by atoms with E-state index in [-0.39, 0.29) is 0 Å². The smallest absolute Gasteiger partial charge is 0.326 e. The van der Waals surface area contributed by atoms with E-state index in [9.17, 15) is 14.4 Å². The molecular formula is C10H15N3O4. The summed E-state index contributed by atoms with van der Waals surface area (Å²) in [5.74, 6) is 3.27. The van der Waals surface area contributed by atoms with Crippen LogP contribution in [0.3, 0.4) is 0 Å². The van der Waals surface area contributed by atoms with E-state index in [0.717, 1.165) is 0 Å². The van der Waals surface area contributed by atoms with Crippen LogP contribution in [0.2, 0.25) is 0 Å². The van der Waals surface area contributed by atoms with E-state index in [1.807, 2.05) is 0 Å². The summed E-state index contributed by atoms with van der Waals surface area (Å²) in [7, 11) is 0. The van der Waals surface area contributed by atoms with Crippen LogP contribution in [0.15, 0.2) is 0 Å². The molecule has 0 fully saturated rings. The van der Waals surface area contributed by atoms with Crippen LogP contribution in [-0.4, -0.2) is 35.6 Å². The van der Waals surface area contributed by atoms with Crippen molar-refractivity contribution in [3.05, 3.63) is 0 Å². The number of hydrogen-bond donors (Lipinski definition) is 4. The Morgan fingerprint density at radius 1 is 1.41 bits per heavy atom.